The van der Waals surface area contributed by atoms with Gasteiger partial charge in [0.1, 0.15) is 0 Å². The third-order valence-corrected chi connectivity index (χ3v) is 14.0. The first-order valence-electron chi connectivity index (χ1n) is 21.6. The summed E-state index contributed by atoms with van der Waals surface area (Å²) in [6.45, 7) is 9.72. The number of hydrogen-bond donors (Lipinski definition) is 0. The summed E-state index contributed by atoms with van der Waals surface area (Å²) in [6, 6.07) is 75.3. The molecule has 0 aliphatic heterocycles. The van der Waals surface area contributed by atoms with Gasteiger partial charge in [0.25, 0.3) is 0 Å². The molecule has 0 bridgehead atoms. The van der Waals surface area contributed by atoms with Crippen LogP contribution in [-0.2, 0) is 16.2 Å². The molecule has 0 heterocycles. The first-order chi connectivity index (χ1) is 29.2. The lowest BCUT2D eigenvalue weighted by Gasteiger charge is -2.42. The van der Waals surface area contributed by atoms with Crippen molar-refractivity contribution < 1.29 is 0 Å². The average molecular weight is 772 g/mol. The number of para-hydroxylation sites is 1. The monoisotopic (exact) mass is 771 g/mol. The van der Waals surface area contributed by atoms with Gasteiger partial charge in [-0.15, -0.1) is 0 Å². The standard InChI is InChI=1S/C59H49N/c1-57(2)34-35-58(3,4)55-36-42(31-33-53(55)57)50-38-51-48-26-16-17-27-52(48)59(43-19-8-5-9-20-43,44-21-10-6-11-22-44)54(51)39-56(50)60(45-23-12-7-13-24-45)46-32-30-41-29-28-40-18-14-15-25-47(40)49(41)37-46/h5-33,36-39H,34-35H2,1-4H3. The Balaban J connectivity index is 1.28. The fourth-order valence-electron chi connectivity index (χ4n) is 10.8. The van der Waals surface area contributed by atoms with Gasteiger partial charge in [0, 0.05) is 16.9 Å². The molecule has 1 heteroatoms. The second kappa shape index (κ2) is 13.7. The Hall–Kier alpha value is -6.70. The highest BCUT2D eigenvalue weighted by Crippen LogP contribution is 2.59. The minimum absolute atomic E-state index is 0.0681. The van der Waals surface area contributed by atoms with Crippen LogP contribution < -0.4 is 4.90 Å². The third kappa shape index (κ3) is 5.52. The van der Waals surface area contributed by atoms with Gasteiger partial charge in [0.05, 0.1) is 11.1 Å². The number of anilines is 3. The minimum Gasteiger partial charge on any atom is -0.310 e. The lowest BCUT2D eigenvalue weighted by molar-refractivity contribution is 0.332. The van der Waals surface area contributed by atoms with Crippen LogP contribution in [0.25, 0.3) is 43.8 Å². The van der Waals surface area contributed by atoms with E-state index in [4.69, 9.17) is 0 Å². The van der Waals surface area contributed by atoms with Gasteiger partial charge in [-0.1, -0.05) is 191 Å². The Kier molecular flexibility index (Phi) is 8.30. The highest BCUT2D eigenvalue weighted by molar-refractivity contribution is 6.09. The molecule has 9 aromatic rings. The predicted molar refractivity (Wildman–Crippen MR) is 254 cm³/mol. The maximum absolute atomic E-state index is 2.56. The molecule has 0 fully saturated rings. The zero-order valence-corrected chi connectivity index (χ0v) is 34.9. The zero-order valence-electron chi connectivity index (χ0n) is 34.9. The van der Waals surface area contributed by atoms with Gasteiger partial charge in [-0.25, -0.2) is 0 Å². The molecule has 0 unspecified atom stereocenters. The van der Waals surface area contributed by atoms with Gasteiger partial charge in [-0.2, -0.15) is 0 Å². The number of hydrogen-bond acceptors (Lipinski definition) is 1. The second-order valence-electron chi connectivity index (χ2n) is 18.3. The molecule has 0 radical (unpaired) electrons. The predicted octanol–water partition coefficient (Wildman–Crippen LogP) is 15.8. The minimum atomic E-state index is -0.536. The molecular weight excluding hydrogens is 723 g/mol. The highest BCUT2D eigenvalue weighted by Gasteiger charge is 2.47. The van der Waals surface area contributed by atoms with E-state index in [1.807, 2.05) is 0 Å². The molecule has 0 saturated heterocycles. The summed E-state index contributed by atoms with van der Waals surface area (Å²) in [6.07, 6.45) is 2.35. The highest BCUT2D eigenvalue weighted by atomic mass is 15.1. The van der Waals surface area contributed by atoms with Crippen molar-refractivity contribution in [2.45, 2.75) is 56.8 Å². The van der Waals surface area contributed by atoms with Crippen LogP contribution in [0.4, 0.5) is 17.1 Å². The smallest absolute Gasteiger partial charge is 0.0714 e. The number of fused-ring (bicyclic) bond motifs is 7. The molecule has 0 N–H and O–H groups in total. The molecule has 0 amide bonds. The van der Waals surface area contributed by atoms with Crippen LogP contribution in [0.1, 0.15) is 73.9 Å². The summed E-state index contributed by atoms with van der Waals surface area (Å²) in [5, 5.41) is 5.00. The maximum Gasteiger partial charge on any atom is 0.0714 e. The molecule has 1 nitrogen and oxygen atoms in total. The summed E-state index contributed by atoms with van der Waals surface area (Å²) in [7, 11) is 0. The SMILES string of the molecule is CC1(C)CCC(C)(C)c2cc(-c3cc4c(cc3N(c3ccccc3)c3ccc5ccc6ccccc6c5c3)C(c3ccccc3)(c3ccccc3)c3ccccc3-4)ccc21. The van der Waals surface area contributed by atoms with E-state index in [9.17, 15) is 0 Å². The van der Waals surface area contributed by atoms with Gasteiger partial charge < -0.3 is 4.90 Å². The van der Waals surface area contributed by atoms with Gasteiger partial charge in [-0.05, 0) is 132 Å². The van der Waals surface area contributed by atoms with Crippen LogP contribution >= 0.6 is 0 Å². The second-order valence-corrected chi connectivity index (χ2v) is 18.3. The molecule has 2 aliphatic rings. The quantitative estimate of drug-likeness (QED) is 0.152. The van der Waals surface area contributed by atoms with Crippen molar-refractivity contribution in [3.05, 3.63) is 234 Å². The number of rotatable bonds is 6. The van der Waals surface area contributed by atoms with Crippen LogP contribution in [0.5, 0.6) is 0 Å². The van der Waals surface area contributed by atoms with Crippen molar-refractivity contribution in [3.8, 4) is 22.3 Å². The topological polar surface area (TPSA) is 3.24 Å². The maximum atomic E-state index is 2.56. The molecule has 0 spiro atoms. The summed E-state index contributed by atoms with van der Waals surface area (Å²) < 4.78 is 0. The Morgan fingerprint density at radius 1 is 0.367 bits per heavy atom. The van der Waals surface area contributed by atoms with Gasteiger partial charge in [0.15, 0.2) is 0 Å². The molecular formula is C59H49N. The molecule has 9 aromatic carbocycles. The van der Waals surface area contributed by atoms with Crippen molar-refractivity contribution in [3.63, 3.8) is 0 Å². The number of benzene rings is 9. The number of nitrogens with zero attached hydrogens (tertiary/aromatic N) is 1. The average Bonchev–Trinajstić information content (AvgIpc) is 3.58. The summed E-state index contributed by atoms with van der Waals surface area (Å²) >= 11 is 0. The fraction of sp³-hybridized carbons (Fsp3) is 0.153. The van der Waals surface area contributed by atoms with Gasteiger partial charge in [0.2, 0.25) is 0 Å². The Bertz CT molecular complexity index is 3040. The lowest BCUT2D eigenvalue weighted by atomic mass is 9.63. The Morgan fingerprint density at radius 3 is 1.67 bits per heavy atom. The van der Waals surface area contributed by atoms with Crippen molar-refractivity contribution in [1.29, 1.82) is 0 Å². The van der Waals surface area contributed by atoms with E-state index in [1.54, 1.807) is 0 Å². The summed E-state index contributed by atoms with van der Waals surface area (Å²) in [5.74, 6) is 0. The van der Waals surface area contributed by atoms with Gasteiger partial charge >= 0.3 is 0 Å². The third-order valence-electron chi connectivity index (χ3n) is 14.0. The van der Waals surface area contributed by atoms with E-state index >= 15 is 0 Å². The van der Waals surface area contributed by atoms with Crippen molar-refractivity contribution in [1.82, 2.24) is 0 Å². The molecule has 0 aromatic heterocycles. The molecule has 0 atom stereocenters. The lowest BCUT2D eigenvalue weighted by Crippen LogP contribution is -2.33. The van der Waals surface area contributed by atoms with Crippen molar-refractivity contribution >= 4 is 38.6 Å². The summed E-state index contributed by atoms with van der Waals surface area (Å²) in [4.78, 5) is 2.52. The Labute approximate surface area is 354 Å². The molecule has 60 heavy (non-hydrogen) atoms. The van der Waals surface area contributed by atoms with Crippen LogP contribution in [0.2, 0.25) is 0 Å². The normalized spacial score (nSPS) is 15.6. The van der Waals surface area contributed by atoms with Crippen LogP contribution in [0.15, 0.2) is 200 Å². The van der Waals surface area contributed by atoms with E-state index in [1.165, 1.54) is 90.0 Å². The van der Waals surface area contributed by atoms with E-state index in [0.29, 0.717) is 0 Å². The van der Waals surface area contributed by atoms with E-state index in [0.717, 1.165) is 17.1 Å². The first kappa shape index (κ1) is 36.4. The fourth-order valence-corrected chi connectivity index (χ4v) is 10.8. The zero-order chi connectivity index (χ0) is 40.6. The van der Waals surface area contributed by atoms with E-state index < -0.39 is 5.41 Å². The van der Waals surface area contributed by atoms with Crippen molar-refractivity contribution in [2.75, 3.05) is 4.90 Å². The van der Waals surface area contributed by atoms with Crippen LogP contribution in [0.3, 0.4) is 0 Å². The van der Waals surface area contributed by atoms with Crippen LogP contribution in [-0.4, -0.2) is 0 Å². The first-order valence-corrected chi connectivity index (χ1v) is 21.6. The Morgan fingerprint density at radius 2 is 0.950 bits per heavy atom. The summed E-state index contributed by atoms with van der Waals surface area (Å²) in [5.41, 5.74) is 16.2. The molecule has 0 saturated carbocycles. The molecule has 290 valence electrons. The van der Waals surface area contributed by atoms with Crippen LogP contribution in [0, 0.1) is 0 Å². The largest absolute Gasteiger partial charge is 0.310 e. The molecule has 11 rings (SSSR count). The van der Waals surface area contributed by atoms with E-state index in [-0.39, 0.29) is 10.8 Å². The molecule has 2 aliphatic carbocycles. The van der Waals surface area contributed by atoms with E-state index in [2.05, 4.69) is 233 Å². The van der Waals surface area contributed by atoms with Crippen molar-refractivity contribution in [2.24, 2.45) is 0 Å². The van der Waals surface area contributed by atoms with Gasteiger partial charge in [-0.3, -0.25) is 0 Å².